The number of ether oxygens (including phenoxy) is 1. The number of methoxy groups -OCH3 is 1. The van der Waals surface area contributed by atoms with E-state index in [-0.39, 0.29) is 17.1 Å². The van der Waals surface area contributed by atoms with Crippen LogP contribution in [0.4, 0.5) is 0 Å². The van der Waals surface area contributed by atoms with Crippen LogP contribution in [0.15, 0.2) is 84.9 Å². The minimum Gasteiger partial charge on any atom is -0.496 e. The van der Waals surface area contributed by atoms with Crippen LogP contribution in [0.1, 0.15) is 40.7 Å². The number of carbonyl (C=O) groups is 2. The van der Waals surface area contributed by atoms with E-state index in [0.29, 0.717) is 24.2 Å². The largest absolute Gasteiger partial charge is 0.496 e. The fourth-order valence-corrected chi connectivity index (χ4v) is 5.17. The number of amides is 1. The van der Waals surface area contributed by atoms with Crippen molar-refractivity contribution in [2.45, 2.75) is 38.1 Å². The van der Waals surface area contributed by atoms with Crippen LogP contribution in [-0.2, 0) is 17.6 Å². The fraction of sp³-hybridized carbons (Fsp3) is 0.333. The van der Waals surface area contributed by atoms with Crippen LogP contribution in [-0.4, -0.2) is 37.9 Å². The number of ketones is 1. The van der Waals surface area contributed by atoms with Crippen molar-refractivity contribution >= 4 is 11.7 Å². The lowest BCUT2D eigenvalue weighted by Crippen LogP contribution is -2.57. The second kappa shape index (κ2) is 11.8. The van der Waals surface area contributed by atoms with E-state index in [2.05, 4.69) is 22.8 Å². The minimum absolute atomic E-state index is 0.0786. The van der Waals surface area contributed by atoms with Crippen LogP contribution >= 0.6 is 0 Å². The molecule has 0 radical (unpaired) electrons. The van der Waals surface area contributed by atoms with E-state index in [4.69, 9.17) is 4.74 Å². The van der Waals surface area contributed by atoms with Gasteiger partial charge in [0.1, 0.15) is 5.75 Å². The number of benzene rings is 3. The number of rotatable bonds is 10. The molecule has 5 heteroatoms. The molecule has 0 saturated carbocycles. The van der Waals surface area contributed by atoms with Crippen LogP contribution in [0.5, 0.6) is 5.75 Å². The average molecular weight is 471 g/mol. The molecule has 0 aromatic heterocycles. The summed E-state index contributed by atoms with van der Waals surface area (Å²) in [6, 6.07) is 26.9. The Balaban J connectivity index is 1.65. The molecule has 35 heavy (non-hydrogen) atoms. The van der Waals surface area contributed by atoms with Gasteiger partial charge in [-0.3, -0.25) is 9.59 Å². The number of para-hydroxylation sites is 1. The summed E-state index contributed by atoms with van der Waals surface area (Å²) in [5, 5.41) is 6.61. The summed E-state index contributed by atoms with van der Waals surface area (Å²) in [6.45, 7) is 1.64. The third-order valence-corrected chi connectivity index (χ3v) is 7.06. The summed E-state index contributed by atoms with van der Waals surface area (Å²) in [6.07, 6.45) is 3.40. The van der Waals surface area contributed by atoms with Crippen LogP contribution in [0.25, 0.3) is 0 Å². The molecule has 182 valence electrons. The highest BCUT2D eigenvalue weighted by Crippen LogP contribution is 2.38. The van der Waals surface area contributed by atoms with E-state index in [0.717, 1.165) is 37.9 Å². The third-order valence-electron chi connectivity index (χ3n) is 7.06. The molecule has 0 spiro atoms. The Bertz CT molecular complexity index is 1110. The van der Waals surface area contributed by atoms with Crippen molar-refractivity contribution in [1.29, 1.82) is 0 Å². The van der Waals surface area contributed by atoms with Gasteiger partial charge >= 0.3 is 0 Å². The number of aryl methyl sites for hydroxylation is 1. The molecule has 1 fully saturated rings. The van der Waals surface area contributed by atoms with Crippen molar-refractivity contribution in [2.24, 2.45) is 5.41 Å². The van der Waals surface area contributed by atoms with Crippen molar-refractivity contribution in [3.05, 3.63) is 102 Å². The van der Waals surface area contributed by atoms with Crippen molar-refractivity contribution in [3.8, 4) is 5.75 Å². The Kier molecular flexibility index (Phi) is 8.32. The number of Topliss-reactive ketones (excluding diaryl/α,β-unsaturated/α-hetero) is 1. The molecule has 1 atom stereocenters. The molecular weight excluding hydrogens is 436 g/mol. The molecule has 1 heterocycles. The molecule has 2 N–H and O–H groups in total. The van der Waals surface area contributed by atoms with Gasteiger partial charge in [0.05, 0.1) is 18.7 Å². The average Bonchev–Trinajstić information content (AvgIpc) is 2.91. The van der Waals surface area contributed by atoms with Gasteiger partial charge < -0.3 is 15.4 Å². The monoisotopic (exact) mass is 470 g/mol. The normalized spacial score (nSPS) is 15.7. The van der Waals surface area contributed by atoms with Crippen LogP contribution in [0.3, 0.4) is 0 Å². The number of hydrogen-bond donors (Lipinski definition) is 2. The summed E-state index contributed by atoms with van der Waals surface area (Å²) in [5.74, 6) is 0.310. The molecule has 1 unspecified atom stereocenters. The van der Waals surface area contributed by atoms with E-state index < -0.39 is 6.04 Å². The lowest BCUT2D eigenvalue weighted by Gasteiger charge is -2.44. The Morgan fingerprint density at radius 2 is 1.49 bits per heavy atom. The predicted octanol–water partition coefficient (Wildman–Crippen LogP) is 4.61. The first kappa shape index (κ1) is 24.7. The van der Waals surface area contributed by atoms with Gasteiger partial charge in [0.15, 0.2) is 5.78 Å². The van der Waals surface area contributed by atoms with Crippen molar-refractivity contribution < 1.29 is 14.3 Å². The third kappa shape index (κ3) is 6.17. The molecule has 0 bridgehead atoms. The number of piperidine rings is 1. The van der Waals surface area contributed by atoms with Crippen LogP contribution in [0.2, 0.25) is 0 Å². The second-order valence-electron chi connectivity index (χ2n) is 9.33. The zero-order valence-corrected chi connectivity index (χ0v) is 20.3. The summed E-state index contributed by atoms with van der Waals surface area (Å²) < 4.78 is 5.42. The van der Waals surface area contributed by atoms with E-state index in [1.165, 1.54) is 5.56 Å². The van der Waals surface area contributed by atoms with Gasteiger partial charge in [0.25, 0.3) is 5.91 Å². The number of hydrogen-bond acceptors (Lipinski definition) is 4. The Morgan fingerprint density at radius 3 is 2.14 bits per heavy atom. The predicted molar refractivity (Wildman–Crippen MR) is 139 cm³/mol. The molecule has 3 aromatic carbocycles. The maximum absolute atomic E-state index is 13.9. The lowest BCUT2D eigenvalue weighted by molar-refractivity contribution is -0.124. The molecule has 1 aliphatic rings. The van der Waals surface area contributed by atoms with Gasteiger partial charge in [-0.05, 0) is 62.0 Å². The Labute approximate surface area is 207 Å². The van der Waals surface area contributed by atoms with Gasteiger partial charge in [-0.15, -0.1) is 0 Å². The zero-order valence-electron chi connectivity index (χ0n) is 20.3. The van der Waals surface area contributed by atoms with E-state index in [1.807, 2.05) is 60.7 Å². The summed E-state index contributed by atoms with van der Waals surface area (Å²) >= 11 is 0. The summed E-state index contributed by atoms with van der Waals surface area (Å²) in [5.41, 5.74) is 2.39. The molecule has 5 nitrogen and oxygen atoms in total. The Hall–Kier alpha value is -3.44. The van der Waals surface area contributed by atoms with Crippen LogP contribution < -0.4 is 15.4 Å². The molecule has 1 aliphatic heterocycles. The first-order valence-corrected chi connectivity index (χ1v) is 12.4. The van der Waals surface area contributed by atoms with E-state index in [1.54, 1.807) is 19.2 Å². The highest BCUT2D eigenvalue weighted by Gasteiger charge is 2.44. The standard InChI is InChI=1S/C30H34N2O3/c1-35-27-15-9-8-14-25(27)29(34)32-28(26(33)17-16-23-10-4-2-5-11-23)30(18-20-31-21-19-30)22-24-12-6-3-7-13-24/h2-15,28,31H,16-22H2,1H3,(H,32,34). The molecule has 4 rings (SSSR count). The van der Waals surface area contributed by atoms with Crippen molar-refractivity contribution in [2.75, 3.05) is 20.2 Å². The SMILES string of the molecule is COc1ccccc1C(=O)NC(C(=O)CCc1ccccc1)C1(Cc2ccccc2)CCNCC1. The van der Waals surface area contributed by atoms with Crippen molar-refractivity contribution in [1.82, 2.24) is 10.6 Å². The maximum atomic E-state index is 13.9. The highest BCUT2D eigenvalue weighted by atomic mass is 16.5. The number of carbonyl (C=O) groups excluding carboxylic acids is 2. The second-order valence-corrected chi connectivity index (χ2v) is 9.33. The molecular formula is C30H34N2O3. The quantitative estimate of drug-likeness (QED) is 0.454. The lowest BCUT2D eigenvalue weighted by atomic mass is 9.67. The fourth-order valence-electron chi connectivity index (χ4n) is 5.17. The Morgan fingerprint density at radius 1 is 0.886 bits per heavy atom. The van der Waals surface area contributed by atoms with Gasteiger partial charge in [-0.25, -0.2) is 0 Å². The van der Waals surface area contributed by atoms with E-state index >= 15 is 0 Å². The van der Waals surface area contributed by atoms with Gasteiger partial charge in [0, 0.05) is 11.8 Å². The zero-order chi connectivity index (χ0) is 24.5. The smallest absolute Gasteiger partial charge is 0.255 e. The highest BCUT2D eigenvalue weighted by molar-refractivity contribution is 6.00. The molecule has 3 aromatic rings. The topological polar surface area (TPSA) is 67.4 Å². The first-order valence-electron chi connectivity index (χ1n) is 12.4. The number of nitrogens with one attached hydrogen (secondary N) is 2. The van der Waals surface area contributed by atoms with Gasteiger partial charge in [-0.1, -0.05) is 72.8 Å². The van der Waals surface area contributed by atoms with E-state index in [9.17, 15) is 9.59 Å². The summed E-state index contributed by atoms with van der Waals surface area (Å²) in [4.78, 5) is 27.4. The summed E-state index contributed by atoms with van der Waals surface area (Å²) in [7, 11) is 1.55. The van der Waals surface area contributed by atoms with Gasteiger partial charge in [0.2, 0.25) is 0 Å². The molecule has 1 saturated heterocycles. The first-order chi connectivity index (χ1) is 17.1. The van der Waals surface area contributed by atoms with Crippen LogP contribution in [0, 0.1) is 5.41 Å². The minimum atomic E-state index is -0.592. The molecule has 1 amide bonds. The maximum Gasteiger partial charge on any atom is 0.255 e. The van der Waals surface area contributed by atoms with Gasteiger partial charge in [-0.2, -0.15) is 0 Å². The molecule has 0 aliphatic carbocycles. The van der Waals surface area contributed by atoms with Crippen molar-refractivity contribution in [3.63, 3.8) is 0 Å².